The SMILES string of the molecule is Cc1cccc(C=O)c1OCc1ccccn1. The van der Waals surface area contributed by atoms with Gasteiger partial charge >= 0.3 is 0 Å². The Hall–Kier alpha value is -2.16. The first-order valence-corrected chi connectivity index (χ1v) is 5.39. The molecule has 3 heteroatoms. The van der Waals surface area contributed by atoms with Crippen LogP contribution < -0.4 is 4.74 Å². The molecular formula is C14H13NO2. The Bertz CT molecular complexity index is 509. The summed E-state index contributed by atoms with van der Waals surface area (Å²) in [5, 5.41) is 0. The molecule has 0 amide bonds. The van der Waals surface area contributed by atoms with Crippen LogP contribution in [0.4, 0.5) is 0 Å². The molecule has 0 unspecified atom stereocenters. The van der Waals surface area contributed by atoms with Gasteiger partial charge in [-0.05, 0) is 30.7 Å². The molecule has 1 aromatic heterocycles. The van der Waals surface area contributed by atoms with Crippen molar-refractivity contribution in [1.82, 2.24) is 4.98 Å². The first-order chi connectivity index (χ1) is 8.31. The highest BCUT2D eigenvalue weighted by Gasteiger charge is 2.06. The fourth-order valence-corrected chi connectivity index (χ4v) is 1.59. The highest BCUT2D eigenvalue weighted by molar-refractivity contribution is 5.80. The molecule has 0 radical (unpaired) electrons. The Kier molecular flexibility index (Phi) is 3.50. The Labute approximate surface area is 100 Å². The van der Waals surface area contributed by atoms with Crippen LogP contribution >= 0.6 is 0 Å². The summed E-state index contributed by atoms with van der Waals surface area (Å²) in [6.45, 7) is 2.29. The van der Waals surface area contributed by atoms with Gasteiger partial charge in [0.2, 0.25) is 0 Å². The third-order valence-electron chi connectivity index (χ3n) is 2.46. The maximum absolute atomic E-state index is 10.9. The van der Waals surface area contributed by atoms with Gasteiger partial charge < -0.3 is 4.74 Å². The van der Waals surface area contributed by atoms with Crippen molar-refractivity contribution in [3.8, 4) is 5.75 Å². The summed E-state index contributed by atoms with van der Waals surface area (Å²) in [5.41, 5.74) is 2.36. The van der Waals surface area contributed by atoms with Gasteiger partial charge in [-0.1, -0.05) is 18.2 Å². The predicted molar refractivity (Wildman–Crippen MR) is 65.1 cm³/mol. The van der Waals surface area contributed by atoms with E-state index >= 15 is 0 Å². The first kappa shape index (κ1) is 11.3. The lowest BCUT2D eigenvalue weighted by Gasteiger charge is -2.10. The van der Waals surface area contributed by atoms with E-state index in [2.05, 4.69) is 4.98 Å². The lowest BCUT2D eigenvalue weighted by atomic mass is 10.1. The molecule has 2 rings (SSSR count). The maximum Gasteiger partial charge on any atom is 0.153 e. The zero-order valence-electron chi connectivity index (χ0n) is 9.59. The van der Waals surface area contributed by atoms with Gasteiger partial charge in [0.05, 0.1) is 11.3 Å². The summed E-state index contributed by atoms with van der Waals surface area (Å²) >= 11 is 0. The van der Waals surface area contributed by atoms with Crippen molar-refractivity contribution in [3.63, 3.8) is 0 Å². The van der Waals surface area contributed by atoms with E-state index in [9.17, 15) is 4.79 Å². The third-order valence-corrected chi connectivity index (χ3v) is 2.46. The molecule has 0 atom stereocenters. The topological polar surface area (TPSA) is 39.2 Å². The second-order valence-corrected chi connectivity index (χ2v) is 3.72. The van der Waals surface area contributed by atoms with Crippen molar-refractivity contribution in [2.45, 2.75) is 13.5 Å². The Morgan fingerprint density at radius 3 is 2.82 bits per heavy atom. The zero-order valence-corrected chi connectivity index (χ0v) is 9.59. The Morgan fingerprint density at radius 1 is 1.24 bits per heavy atom. The number of hydrogen-bond acceptors (Lipinski definition) is 3. The van der Waals surface area contributed by atoms with Crippen LogP contribution in [0.15, 0.2) is 42.6 Å². The number of nitrogens with zero attached hydrogens (tertiary/aromatic N) is 1. The van der Waals surface area contributed by atoms with Gasteiger partial charge in [-0.3, -0.25) is 9.78 Å². The number of hydrogen-bond donors (Lipinski definition) is 0. The predicted octanol–water partition coefficient (Wildman–Crippen LogP) is 2.78. The maximum atomic E-state index is 10.9. The van der Waals surface area contributed by atoms with Crippen LogP contribution in [-0.4, -0.2) is 11.3 Å². The summed E-state index contributed by atoms with van der Waals surface area (Å²) in [4.78, 5) is 15.1. The molecular weight excluding hydrogens is 214 g/mol. The molecule has 0 N–H and O–H groups in total. The van der Waals surface area contributed by atoms with E-state index in [4.69, 9.17) is 4.74 Å². The molecule has 0 aliphatic rings. The molecule has 17 heavy (non-hydrogen) atoms. The van der Waals surface area contributed by atoms with Gasteiger partial charge in [0.15, 0.2) is 6.29 Å². The van der Waals surface area contributed by atoms with Crippen LogP contribution in [0.3, 0.4) is 0 Å². The van der Waals surface area contributed by atoms with Crippen molar-refractivity contribution in [1.29, 1.82) is 0 Å². The van der Waals surface area contributed by atoms with E-state index in [0.29, 0.717) is 17.9 Å². The number of aromatic nitrogens is 1. The third kappa shape index (κ3) is 2.69. The second kappa shape index (κ2) is 5.25. The largest absolute Gasteiger partial charge is 0.486 e. The number of benzene rings is 1. The molecule has 0 saturated heterocycles. The molecule has 0 saturated carbocycles. The molecule has 0 aliphatic heterocycles. The van der Waals surface area contributed by atoms with Gasteiger partial charge in [0.25, 0.3) is 0 Å². The van der Waals surface area contributed by atoms with Crippen molar-refractivity contribution in [2.75, 3.05) is 0 Å². The number of para-hydroxylation sites is 1. The average molecular weight is 227 g/mol. The number of ether oxygens (including phenoxy) is 1. The summed E-state index contributed by atoms with van der Waals surface area (Å²) in [6, 6.07) is 11.2. The minimum absolute atomic E-state index is 0.368. The fourth-order valence-electron chi connectivity index (χ4n) is 1.59. The Balaban J connectivity index is 2.16. The van der Waals surface area contributed by atoms with E-state index in [1.54, 1.807) is 12.3 Å². The van der Waals surface area contributed by atoms with E-state index in [0.717, 1.165) is 17.5 Å². The zero-order chi connectivity index (χ0) is 12.1. The molecule has 3 nitrogen and oxygen atoms in total. The van der Waals surface area contributed by atoms with Crippen molar-refractivity contribution < 1.29 is 9.53 Å². The van der Waals surface area contributed by atoms with Crippen LogP contribution in [0.2, 0.25) is 0 Å². The molecule has 2 aromatic rings. The lowest BCUT2D eigenvalue weighted by Crippen LogP contribution is -2.01. The molecule has 1 aromatic carbocycles. The minimum Gasteiger partial charge on any atom is -0.486 e. The monoisotopic (exact) mass is 227 g/mol. The van der Waals surface area contributed by atoms with E-state index < -0.39 is 0 Å². The number of carbonyl (C=O) groups is 1. The standard InChI is InChI=1S/C14H13NO2/c1-11-5-4-6-12(9-16)14(11)17-10-13-7-2-3-8-15-13/h2-9H,10H2,1H3. The number of aryl methyl sites for hydroxylation is 1. The number of pyridine rings is 1. The van der Waals surface area contributed by atoms with Crippen molar-refractivity contribution >= 4 is 6.29 Å². The molecule has 0 aliphatic carbocycles. The van der Waals surface area contributed by atoms with Crippen molar-refractivity contribution in [2.24, 2.45) is 0 Å². The van der Waals surface area contributed by atoms with Crippen LogP contribution in [0.1, 0.15) is 21.6 Å². The Morgan fingerprint density at radius 2 is 2.12 bits per heavy atom. The fraction of sp³-hybridized carbons (Fsp3) is 0.143. The quantitative estimate of drug-likeness (QED) is 0.754. The van der Waals surface area contributed by atoms with Crippen LogP contribution in [0.5, 0.6) is 5.75 Å². The van der Waals surface area contributed by atoms with Crippen LogP contribution in [-0.2, 0) is 6.61 Å². The van der Waals surface area contributed by atoms with E-state index in [-0.39, 0.29) is 0 Å². The van der Waals surface area contributed by atoms with Crippen LogP contribution in [0, 0.1) is 6.92 Å². The normalized spacial score (nSPS) is 9.94. The number of carbonyl (C=O) groups excluding carboxylic acids is 1. The van der Waals surface area contributed by atoms with Crippen molar-refractivity contribution in [3.05, 3.63) is 59.4 Å². The molecule has 0 fully saturated rings. The summed E-state index contributed by atoms with van der Waals surface area (Å²) in [5.74, 6) is 0.633. The first-order valence-electron chi connectivity index (χ1n) is 5.39. The second-order valence-electron chi connectivity index (χ2n) is 3.72. The molecule has 0 spiro atoms. The summed E-state index contributed by atoms with van der Waals surface area (Å²) in [7, 11) is 0. The highest BCUT2D eigenvalue weighted by atomic mass is 16.5. The van der Waals surface area contributed by atoms with Gasteiger partial charge in [-0.25, -0.2) is 0 Å². The van der Waals surface area contributed by atoms with Gasteiger partial charge in [0, 0.05) is 6.20 Å². The number of rotatable bonds is 4. The highest BCUT2D eigenvalue weighted by Crippen LogP contribution is 2.22. The molecule has 86 valence electrons. The summed E-state index contributed by atoms with van der Waals surface area (Å²) < 4.78 is 5.65. The molecule has 1 heterocycles. The number of aldehydes is 1. The minimum atomic E-state index is 0.368. The lowest BCUT2D eigenvalue weighted by molar-refractivity contribution is 0.111. The molecule has 0 bridgehead atoms. The smallest absolute Gasteiger partial charge is 0.153 e. The van der Waals surface area contributed by atoms with Gasteiger partial charge in [-0.15, -0.1) is 0 Å². The van der Waals surface area contributed by atoms with E-state index in [1.165, 1.54) is 0 Å². The summed E-state index contributed by atoms with van der Waals surface area (Å²) in [6.07, 6.45) is 2.53. The van der Waals surface area contributed by atoms with E-state index in [1.807, 2.05) is 37.3 Å². The van der Waals surface area contributed by atoms with Crippen LogP contribution in [0.25, 0.3) is 0 Å². The van der Waals surface area contributed by atoms with Gasteiger partial charge in [-0.2, -0.15) is 0 Å². The van der Waals surface area contributed by atoms with Gasteiger partial charge in [0.1, 0.15) is 12.4 Å². The average Bonchev–Trinajstić information content (AvgIpc) is 2.38.